The molecule has 0 aliphatic carbocycles. The smallest absolute Gasteiger partial charge is 0.393 e. The van der Waals surface area contributed by atoms with Gasteiger partial charge < -0.3 is 17.6 Å². The van der Waals surface area contributed by atoms with Crippen LogP contribution in [0.3, 0.4) is 0 Å². The van der Waals surface area contributed by atoms with E-state index in [9.17, 15) is 0 Å². The van der Waals surface area contributed by atoms with E-state index in [4.69, 9.17) is 0 Å². The van der Waals surface area contributed by atoms with Gasteiger partial charge in [-0.05, 0) is 62.7 Å². The summed E-state index contributed by atoms with van der Waals surface area (Å²) >= 11 is 0. The van der Waals surface area contributed by atoms with Gasteiger partial charge in [0.05, 0.1) is 11.3 Å². The minimum absolute atomic E-state index is 0.569. The summed E-state index contributed by atoms with van der Waals surface area (Å²) in [5.41, 5.74) is 6.56. The molecule has 6 heteroatoms. The second-order valence-corrected chi connectivity index (χ2v) is 7.06. The lowest BCUT2D eigenvalue weighted by atomic mass is 9.85. The van der Waals surface area contributed by atoms with Crippen LogP contribution in [-0.4, -0.2) is 26.6 Å². The fourth-order valence-corrected chi connectivity index (χ4v) is 4.21. The number of rotatable bonds is 1. The van der Waals surface area contributed by atoms with Crippen LogP contribution in [0.2, 0.25) is 0 Å². The van der Waals surface area contributed by atoms with Crippen LogP contribution in [0.5, 0.6) is 0 Å². The summed E-state index contributed by atoms with van der Waals surface area (Å²) in [5, 5.41) is 0. The fraction of sp³-hybridized carbons (Fsp3) is 0.263. The maximum Gasteiger partial charge on any atom is 0.737 e. The fourth-order valence-electron chi connectivity index (χ4n) is 4.21. The Morgan fingerprint density at radius 2 is 1.80 bits per heavy atom. The molecule has 4 heterocycles. The number of pyridine rings is 1. The van der Waals surface area contributed by atoms with Crippen molar-refractivity contribution in [2.24, 2.45) is 0 Å². The number of allylic oxidation sites excluding steroid dienone is 2. The van der Waals surface area contributed by atoms with Gasteiger partial charge in [0.2, 0.25) is 0 Å². The second kappa shape index (κ2) is 5.00. The van der Waals surface area contributed by atoms with E-state index >= 15 is 8.63 Å². The van der Waals surface area contributed by atoms with Crippen molar-refractivity contribution < 1.29 is 13.1 Å². The summed E-state index contributed by atoms with van der Waals surface area (Å²) in [7, 11) is 0. The van der Waals surface area contributed by atoms with E-state index in [0.717, 1.165) is 28.0 Å². The zero-order valence-corrected chi connectivity index (χ0v) is 15.1. The topological polar surface area (TPSA) is 20.8 Å². The Morgan fingerprint density at radius 3 is 2.48 bits per heavy atom. The van der Waals surface area contributed by atoms with Gasteiger partial charge >= 0.3 is 6.97 Å². The highest BCUT2D eigenvalue weighted by Gasteiger charge is 2.55. The van der Waals surface area contributed by atoms with Crippen LogP contribution >= 0.6 is 0 Å². The highest BCUT2D eigenvalue weighted by molar-refractivity contribution is 6.58. The van der Waals surface area contributed by atoms with Crippen molar-refractivity contribution in [3.05, 3.63) is 70.0 Å². The second-order valence-electron chi connectivity index (χ2n) is 7.06. The molecule has 2 aromatic heterocycles. The van der Waals surface area contributed by atoms with E-state index in [1.807, 2.05) is 45.0 Å². The summed E-state index contributed by atoms with van der Waals surface area (Å²) in [6.45, 7) is 5.32. The van der Waals surface area contributed by atoms with E-state index in [1.54, 1.807) is 20.0 Å². The maximum absolute atomic E-state index is 15.5. The van der Waals surface area contributed by atoms with Crippen molar-refractivity contribution >= 4 is 18.3 Å². The first-order chi connectivity index (χ1) is 11.7. The van der Waals surface area contributed by atoms with Crippen molar-refractivity contribution in [3.63, 3.8) is 0 Å². The Kier molecular flexibility index (Phi) is 3.20. The molecule has 25 heavy (non-hydrogen) atoms. The number of aryl methyl sites for hydroxylation is 3. The molecule has 2 aliphatic rings. The van der Waals surface area contributed by atoms with Gasteiger partial charge in [0.15, 0.2) is 5.70 Å². The van der Waals surface area contributed by atoms with Gasteiger partial charge in [-0.2, -0.15) is 0 Å². The first-order valence-electron chi connectivity index (χ1n) is 8.43. The van der Waals surface area contributed by atoms with Gasteiger partial charge in [0.1, 0.15) is 5.71 Å². The number of hydrogen-bond donors (Lipinski definition) is 0. The normalized spacial score (nSPS) is 18.4. The summed E-state index contributed by atoms with van der Waals surface area (Å²) in [4.78, 5) is 4.51. The minimum atomic E-state index is -3.93. The molecular formula is C19H20BF2N3. The van der Waals surface area contributed by atoms with Gasteiger partial charge in [-0.25, -0.2) is 0 Å². The van der Waals surface area contributed by atoms with Gasteiger partial charge in [-0.15, -0.1) is 0 Å². The summed E-state index contributed by atoms with van der Waals surface area (Å²) in [6, 6.07) is 5.71. The molecule has 0 bridgehead atoms. The van der Waals surface area contributed by atoms with Gasteiger partial charge in [0, 0.05) is 30.5 Å². The van der Waals surface area contributed by atoms with Crippen LogP contribution in [0.4, 0.5) is 8.63 Å². The molecule has 4 rings (SSSR count). The third-order valence-corrected chi connectivity index (χ3v) is 5.11. The minimum Gasteiger partial charge on any atom is -0.393 e. The zero-order chi connectivity index (χ0) is 18.1. The average molecular weight is 339 g/mol. The quantitative estimate of drug-likeness (QED) is 0.712. The van der Waals surface area contributed by atoms with Crippen molar-refractivity contribution in [3.8, 4) is 0 Å². The Hall–Kier alpha value is -2.50. The number of fused-ring (bicyclic) bond motifs is 2. The molecule has 0 unspecified atom stereocenters. The van der Waals surface area contributed by atoms with Gasteiger partial charge in [0.25, 0.3) is 0 Å². The highest BCUT2D eigenvalue weighted by Crippen LogP contribution is 2.43. The molecule has 3 nitrogen and oxygen atoms in total. The summed E-state index contributed by atoms with van der Waals surface area (Å²) in [6.07, 6.45) is 3.57. The molecule has 128 valence electrons. The monoisotopic (exact) mass is 339 g/mol. The van der Waals surface area contributed by atoms with E-state index in [1.165, 1.54) is 8.96 Å². The summed E-state index contributed by atoms with van der Waals surface area (Å²) < 4.78 is 33.3. The summed E-state index contributed by atoms with van der Waals surface area (Å²) in [5.74, 6) is 0. The van der Waals surface area contributed by atoms with Crippen LogP contribution in [0.1, 0.15) is 42.1 Å². The van der Waals surface area contributed by atoms with Crippen LogP contribution < -0.4 is 0 Å². The lowest BCUT2D eigenvalue weighted by molar-refractivity contribution is -0.363. The lowest BCUT2D eigenvalue weighted by Crippen LogP contribution is -2.51. The number of aromatic nitrogens is 2. The lowest BCUT2D eigenvalue weighted by Gasteiger charge is -2.33. The molecule has 0 atom stereocenters. The Balaban J connectivity index is 2.19. The van der Waals surface area contributed by atoms with E-state index in [0.29, 0.717) is 22.8 Å². The van der Waals surface area contributed by atoms with Gasteiger partial charge in [-0.3, -0.25) is 4.98 Å². The third kappa shape index (κ3) is 2.03. The zero-order valence-electron chi connectivity index (χ0n) is 15.1. The predicted molar refractivity (Wildman–Crippen MR) is 97.0 cm³/mol. The van der Waals surface area contributed by atoms with Crippen LogP contribution in [-0.2, 0) is 0 Å². The van der Waals surface area contributed by atoms with Crippen molar-refractivity contribution in [1.29, 1.82) is 0 Å². The molecule has 0 spiro atoms. The third-order valence-electron chi connectivity index (χ3n) is 5.11. The Labute approximate surface area is 146 Å². The van der Waals surface area contributed by atoms with E-state index in [2.05, 4.69) is 4.98 Å². The van der Waals surface area contributed by atoms with Crippen LogP contribution in [0.25, 0.3) is 5.57 Å². The van der Waals surface area contributed by atoms with E-state index in [-0.39, 0.29) is 0 Å². The molecule has 0 radical (unpaired) electrons. The Morgan fingerprint density at radius 1 is 1.08 bits per heavy atom. The van der Waals surface area contributed by atoms with Crippen molar-refractivity contribution in [1.82, 2.24) is 9.46 Å². The standard InChI is InChI=1S/C19H20BF2N3/c1-11-6-7-23-16(8-11)17-18-12(2)9-14(4)24(18)20(21,22)25-15(5)10-13(3)19(17)25/h6-10H,1-5H3. The predicted octanol–water partition coefficient (Wildman–Crippen LogP) is 4.24. The highest BCUT2D eigenvalue weighted by atomic mass is 19.2. The molecule has 0 aromatic carbocycles. The average Bonchev–Trinajstić information content (AvgIpc) is 2.97. The maximum atomic E-state index is 15.5. The van der Waals surface area contributed by atoms with Crippen molar-refractivity contribution in [2.45, 2.75) is 34.6 Å². The van der Waals surface area contributed by atoms with Crippen molar-refractivity contribution in [2.75, 3.05) is 0 Å². The molecule has 0 fully saturated rings. The van der Waals surface area contributed by atoms with E-state index < -0.39 is 6.97 Å². The molecule has 0 saturated heterocycles. The first kappa shape index (κ1) is 16.0. The molecule has 2 aromatic rings. The molecular weight excluding hydrogens is 319 g/mol. The first-order valence-corrected chi connectivity index (χ1v) is 8.43. The molecule has 0 N–H and O–H groups in total. The molecule has 0 amide bonds. The Bertz CT molecular complexity index is 1030. The number of halogens is 2. The largest absolute Gasteiger partial charge is 0.737 e. The SMILES string of the molecule is CC1=CC(C)=[N+]2C1=C(c1cc(C)ccn1)c1c(C)cc(C)n1[B-]2(F)F. The van der Waals surface area contributed by atoms with Gasteiger partial charge in [-0.1, -0.05) is 0 Å². The van der Waals surface area contributed by atoms with Crippen LogP contribution in [0, 0.1) is 20.8 Å². The molecule has 0 saturated carbocycles. The molecule has 2 aliphatic heterocycles. The number of nitrogens with zero attached hydrogens (tertiary/aromatic N) is 3. The number of hydrogen-bond acceptors (Lipinski definition) is 1. The van der Waals surface area contributed by atoms with Crippen LogP contribution in [0.15, 0.2) is 41.7 Å².